The number of nitro benzene ring substituents is 1. The van der Waals surface area contributed by atoms with Gasteiger partial charge >= 0.3 is 6.03 Å². The Morgan fingerprint density at radius 3 is 1.87 bits per heavy atom. The molecule has 1 aromatic carbocycles. The number of carbonyl (C=O) groups is 1. The molecule has 0 aliphatic rings. The molecule has 0 fully saturated rings. The maximum Gasteiger partial charge on any atom is 0.343 e. The largest absolute Gasteiger partial charge is 0.343 e. The van der Waals surface area contributed by atoms with Crippen molar-refractivity contribution in [2.75, 3.05) is 0 Å². The van der Waals surface area contributed by atoms with Gasteiger partial charge in [0.1, 0.15) is 0 Å². The summed E-state index contributed by atoms with van der Waals surface area (Å²) in [6.45, 7) is 0. The van der Waals surface area contributed by atoms with Crippen LogP contribution in [0.1, 0.15) is 0 Å². The second-order valence-electron chi connectivity index (χ2n) is 2.21. The van der Waals surface area contributed by atoms with Crippen LogP contribution in [-0.4, -0.2) is 11.0 Å². The summed E-state index contributed by atoms with van der Waals surface area (Å²) < 4.78 is 0. The normalized spacial score (nSPS) is 8.13. The molecule has 0 atom stereocenters. The average Bonchev–Trinajstić information content (AvgIpc) is 2.30. The topological polar surface area (TPSA) is 136 Å². The van der Waals surface area contributed by atoms with Crippen LogP contribution < -0.4 is 22.5 Å². The fraction of sp³-hybridized carbons (Fsp3) is 0. The predicted octanol–water partition coefficient (Wildman–Crippen LogP) is -0.372. The molecule has 2 amide bonds. The molecule has 1 aromatic rings. The lowest BCUT2D eigenvalue weighted by Crippen LogP contribution is -2.43. The van der Waals surface area contributed by atoms with Crippen molar-refractivity contribution < 1.29 is 9.72 Å². The summed E-state index contributed by atoms with van der Waals surface area (Å²) in [5.74, 6) is 9.08. The zero-order chi connectivity index (χ0) is 11.7. The van der Waals surface area contributed by atoms with Gasteiger partial charge in [0.25, 0.3) is 5.69 Å². The van der Waals surface area contributed by atoms with Crippen LogP contribution in [-0.2, 0) is 0 Å². The number of urea groups is 1. The first kappa shape index (κ1) is 12.8. The van der Waals surface area contributed by atoms with Gasteiger partial charge in [-0.15, -0.1) is 0 Å². The van der Waals surface area contributed by atoms with Gasteiger partial charge in [0.2, 0.25) is 0 Å². The minimum atomic E-state index is -0.602. The average molecular weight is 213 g/mol. The highest BCUT2D eigenvalue weighted by Crippen LogP contribution is 2.06. The Morgan fingerprint density at radius 1 is 1.20 bits per heavy atom. The fourth-order valence-electron chi connectivity index (χ4n) is 0.591. The van der Waals surface area contributed by atoms with E-state index in [4.69, 9.17) is 0 Å². The van der Waals surface area contributed by atoms with Gasteiger partial charge in [0.05, 0.1) is 4.92 Å². The van der Waals surface area contributed by atoms with Crippen LogP contribution in [0.15, 0.2) is 30.3 Å². The van der Waals surface area contributed by atoms with Gasteiger partial charge in [-0.1, -0.05) is 18.2 Å². The van der Waals surface area contributed by atoms with Gasteiger partial charge in [-0.05, 0) is 0 Å². The first-order valence-corrected chi connectivity index (χ1v) is 3.78. The van der Waals surface area contributed by atoms with E-state index in [0.29, 0.717) is 0 Å². The third kappa shape index (κ3) is 5.96. The molecule has 0 saturated carbocycles. The number of amides is 2. The Labute approximate surface area is 85.3 Å². The van der Waals surface area contributed by atoms with Crippen molar-refractivity contribution in [1.29, 1.82) is 0 Å². The van der Waals surface area contributed by atoms with Crippen LogP contribution in [0.3, 0.4) is 0 Å². The number of nitro groups is 1. The summed E-state index contributed by atoms with van der Waals surface area (Å²) in [4.78, 5) is 19.3. The Morgan fingerprint density at radius 2 is 1.67 bits per heavy atom. The van der Waals surface area contributed by atoms with E-state index in [1.54, 1.807) is 29.1 Å². The van der Waals surface area contributed by atoms with E-state index < -0.39 is 11.0 Å². The first-order chi connectivity index (χ1) is 7.11. The quantitative estimate of drug-likeness (QED) is 0.218. The summed E-state index contributed by atoms with van der Waals surface area (Å²) in [6, 6.07) is 7.33. The van der Waals surface area contributed by atoms with Crippen LogP contribution in [0.25, 0.3) is 0 Å². The number of non-ortho nitro benzene ring substituents is 1. The van der Waals surface area contributed by atoms with Crippen molar-refractivity contribution in [2.24, 2.45) is 11.7 Å². The number of hydrogen-bond acceptors (Lipinski definition) is 5. The fourth-order valence-corrected chi connectivity index (χ4v) is 0.591. The van der Waals surface area contributed by atoms with Crippen molar-refractivity contribution in [3.8, 4) is 0 Å². The van der Waals surface area contributed by atoms with Crippen molar-refractivity contribution in [2.45, 2.75) is 0 Å². The molecular weight excluding hydrogens is 202 g/mol. The summed E-state index contributed by atoms with van der Waals surface area (Å²) in [5, 5.41) is 10.0. The lowest BCUT2D eigenvalue weighted by Gasteiger charge is -1.90. The van der Waals surface area contributed by atoms with Crippen LogP contribution in [0.4, 0.5) is 10.5 Å². The molecule has 8 heteroatoms. The maximum atomic E-state index is 10.0. The molecule has 0 saturated heterocycles. The molecular formula is C7H11N5O3. The van der Waals surface area contributed by atoms with Gasteiger partial charge in [-0.25, -0.2) is 16.5 Å². The number of nitrogens with zero attached hydrogens (tertiary/aromatic N) is 1. The van der Waals surface area contributed by atoms with Crippen molar-refractivity contribution in [3.63, 3.8) is 0 Å². The monoisotopic (exact) mass is 213 g/mol. The van der Waals surface area contributed by atoms with Crippen molar-refractivity contribution >= 4 is 11.7 Å². The van der Waals surface area contributed by atoms with Crippen LogP contribution in [0.5, 0.6) is 0 Å². The minimum absolute atomic E-state index is 0.137. The Hall–Kier alpha value is -2.19. The second kappa shape index (κ2) is 7.24. The number of rotatable bonds is 1. The highest BCUT2D eigenvalue weighted by Gasteiger charge is 1.98. The SMILES string of the molecule is NNC(=O)NN.O=[N+]([O-])c1ccccc1. The Bertz CT molecular complexity index is 310. The number of hydrogen-bond donors (Lipinski definition) is 4. The molecule has 0 aliphatic heterocycles. The second-order valence-corrected chi connectivity index (χ2v) is 2.21. The van der Waals surface area contributed by atoms with E-state index in [1.807, 2.05) is 0 Å². The zero-order valence-corrected chi connectivity index (χ0v) is 7.71. The maximum absolute atomic E-state index is 10.0. The minimum Gasteiger partial charge on any atom is -0.275 e. The standard InChI is InChI=1S/C6H5NO2.CH6N4O/c8-7(9)6-4-2-1-3-5-6;2-4-1(6)5-3/h1-5H;2-3H2,(H2,4,5,6). The van der Waals surface area contributed by atoms with Gasteiger partial charge < -0.3 is 0 Å². The van der Waals surface area contributed by atoms with E-state index in [9.17, 15) is 14.9 Å². The molecule has 6 N–H and O–H groups in total. The third-order valence-corrected chi connectivity index (χ3v) is 1.23. The zero-order valence-electron chi connectivity index (χ0n) is 7.71. The van der Waals surface area contributed by atoms with Crippen LogP contribution in [0, 0.1) is 10.1 Å². The summed E-state index contributed by atoms with van der Waals surface area (Å²) in [6.07, 6.45) is 0. The van der Waals surface area contributed by atoms with E-state index in [1.165, 1.54) is 12.1 Å². The van der Waals surface area contributed by atoms with Gasteiger partial charge in [-0.3, -0.25) is 21.0 Å². The summed E-state index contributed by atoms with van der Waals surface area (Å²) in [7, 11) is 0. The number of benzene rings is 1. The Balaban J connectivity index is 0.000000288. The van der Waals surface area contributed by atoms with E-state index >= 15 is 0 Å². The molecule has 0 aliphatic carbocycles. The van der Waals surface area contributed by atoms with Crippen LogP contribution >= 0.6 is 0 Å². The molecule has 1 rings (SSSR count). The molecule has 0 aromatic heterocycles. The molecule has 8 nitrogen and oxygen atoms in total. The van der Waals surface area contributed by atoms with Gasteiger partial charge in [-0.2, -0.15) is 0 Å². The third-order valence-electron chi connectivity index (χ3n) is 1.23. The highest BCUT2D eigenvalue weighted by molar-refractivity contribution is 5.72. The van der Waals surface area contributed by atoms with E-state index in [0.717, 1.165) is 0 Å². The Kier molecular flexibility index (Phi) is 6.18. The number of nitrogens with one attached hydrogen (secondary N) is 2. The number of carbonyl (C=O) groups excluding carboxylic acids is 1. The number of hydrazine groups is 2. The smallest absolute Gasteiger partial charge is 0.275 e. The summed E-state index contributed by atoms with van der Waals surface area (Å²) in [5.41, 5.74) is 3.62. The molecule has 0 unspecified atom stereocenters. The van der Waals surface area contributed by atoms with E-state index in [-0.39, 0.29) is 5.69 Å². The molecule has 0 spiro atoms. The molecule has 0 bridgehead atoms. The molecule has 15 heavy (non-hydrogen) atoms. The number of para-hydroxylation sites is 1. The van der Waals surface area contributed by atoms with Gasteiger partial charge in [0, 0.05) is 12.1 Å². The molecule has 0 radical (unpaired) electrons. The highest BCUT2D eigenvalue weighted by atomic mass is 16.6. The van der Waals surface area contributed by atoms with E-state index in [2.05, 4.69) is 11.7 Å². The predicted molar refractivity (Wildman–Crippen MR) is 53.1 cm³/mol. The lowest BCUT2D eigenvalue weighted by atomic mass is 10.3. The summed E-state index contributed by atoms with van der Waals surface area (Å²) >= 11 is 0. The van der Waals surface area contributed by atoms with Gasteiger partial charge in [0.15, 0.2) is 0 Å². The lowest BCUT2D eigenvalue weighted by molar-refractivity contribution is -0.384. The van der Waals surface area contributed by atoms with Crippen LogP contribution in [0.2, 0.25) is 0 Å². The van der Waals surface area contributed by atoms with Crippen molar-refractivity contribution in [3.05, 3.63) is 40.4 Å². The van der Waals surface area contributed by atoms with Crippen molar-refractivity contribution in [1.82, 2.24) is 10.9 Å². The molecule has 82 valence electrons. The molecule has 0 heterocycles. The first-order valence-electron chi connectivity index (χ1n) is 3.78. The number of nitrogens with two attached hydrogens (primary N) is 2.